The number of hydrogen-bond acceptors (Lipinski definition) is 5. The predicted molar refractivity (Wildman–Crippen MR) is 104 cm³/mol. The zero-order valence-electron chi connectivity index (χ0n) is 13.6. The van der Waals surface area contributed by atoms with E-state index in [9.17, 15) is 4.79 Å². The fourth-order valence-electron chi connectivity index (χ4n) is 2.00. The van der Waals surface area contributed by atoms with E-state index in [1.54, 1.807) is 23.7 Å². The van der Waals surface area contributed by atoms with Gasteiger partial charge >= 0.3 is 0 Å². The summed E-state index contributed by atoms with van der Waals surface area (Å²) in [7, 11) is 0. The maximum atomic E-state index is 11.6. The average molecular weight is 391 g/mol. The topological polar surface area (TPSA) is 80.9 Å². The summed E-state index contributed by atoms with van der Waals surface area (Å²) in [4.78, 5) is 20.2. The van der Waals surface area contributed by atoms with Gasteiger partial charge in [0, 0.05) is 48.8 Å². The van der Waals surface area contributed by atoms with Gasteiger partial charge in [-0.05, 0) is 31.9 Å². The first-order valence-electron chi connectivity index (χ1n) is 7.52. The van der Waals surface area contributed by atoms with Crippen molar-refractivity contribution in [3.05, 3.63) is 34.9 Å². The molecular formula is C16H24Cl2N4OS. The molecule has 2 aromatic heterocycles. The number of aromatic nitrogens is 2. The van der Waals surface area contributed by atoms with Gasteiger partial charge < -0.3 is 11.1 Å². The number of nitrogens with zero attached hydrogens (tertiary/aromatic N) is 2. The Kier molecular flexibility index (Phi) is 11.6. The van der Waals surface area contributed by atoms with Crippen LogP contribution in [0.5, 0.6) is 0 Å². The van der Waals surface area contributed by atoms with Crippen molar-refractivity contribution in [3.63, 3.8) is 0 Å². The van der Waals surface area contributed by atoms with Gasteiger partial charge in [0.2, 0.25) is 5.91 Å². The van der Waals surface area contributed by atoms with E-state index in [2.05, 4.69) is 20.7 Å². The van der Waals surface area contributed by atoms with Crippen LogP contribution in [0.15, 0.2) is 29.9 Å². The quantitative estimate of drug-likeness (QED) is 0.677. The van der Waals surface area contributed by atoms with Gasteiger partial charge in [-0.25, -0.2) is 4.98 Å². The normalized spacial score (nSPS) is 11.1. The van der Waals surface area contributed by atoms with E-state index in [0.29, 0.717) is 13.0 Å². The Morgan fingerprint density at radius 3 is 2.71 bits per heavy atom. The van der Waals surface area contributed by atoms with Gasteiger partial charge in [0.05, 0.1) is 10.7 Å². The number of amides is 1. The second-order valence-corrected chi connectivity index (χ2v) is 6.27. The van der Waals surface area contributed by atoms with E-state index in [4.69, 9.17) is 5.73 Å². The van der Waals surface area contributed by atoms with Crippen molar-refractivity contribution in [2.45, 2.75) is 38.6 Å². The van der Waals surface area contributed by atoms with E-state index >= 15 is 0 Å². The Hall–Kier alpha value is -1.21. The van der Waals surface area contributed by atoms with Gasteiger partial charge in [-0.2, -0.15) is 0 Å². The van der Waals surface area contributed by atoms with E-state index in [1.165, 1.54) is 0 Å². The van der Waals surface area contributed by atoms with Crippen LogP contribution in [0.4, 0.5) is 0 Å². The molecule has 0 aliphatic rings. The molecule has 24 heavy (non-hydrogen) atoms. The third-order valence-corrected chi connectivity index (χ3v) is 4.15. The highest BCUT2D eigenvalue weighted by molar-refractivity contribution is 7.09. The standard InChI is InChI=1S/C16H22N4OS.2ClH/c1-12(17)4-5-15(21)19-8-2-3-16-20-14(11-22-16)13-6-9-18-10-7-13;;/h6-7,9-12H,2-5,8,17H2,1H3,(H,19,21);2*1H. The zero-order valence-corrected chi connectivity index (χ0v) is 16.1. The summed E-state index contributed by atoms with van der Waals surface area (Å²) in [6.45, 7) is 2.60. The second kappa shape index (κ2) is 12.2. The molecule has 8 heteroatoms. The molecular weight excluding hydrogens is 367 g/mol. The smallest absolute Gasteiger partial charge is 0.220 e. The Morgan fingerprint density at radius 2 is 2.04 bits per heavy atom. The molecule has 134 valence electrons. The number of carbonyl (C=O) groups excluding carboxylic acids is 1. The summed E-state index contributed by atoms with van der Waals surface area (Å²) in [5.41, 5.74) is 7.71. The van der Waals surface area contributed by atoms with E-state index in [1.807, 2.05) is 19.1 Å². The molecule has 1 unspecified atom stereocenters. The maximum absolute atomic E-state index is 11.6. The predicted octanol–water partition coefficient (Wildman–Crippen LogP) is 3.22. The summed E-state index contributed by atoms with van der Waals surface area (Å²) in [5.74, 6) is 0.0777. The minimum Gasteiger partial charge on any atom is -0.356 e. The number of thiazole rings is 1. The molecule has 0 radical (unpaired) electrons. The SMILES string of the molecule is CC(N)CCC(=O)NCCCc1nc(-c2ccncc2)cs1.Cl.Cl. The van der Waals surface area contributed by atoms with Crippen molar-refractivity contribution in [1.82, 2.24) is 15.3 Å². The van der Waals surface area contributed by atoms with Crippen molar-refractivity contribution in [2.75, 3.05) is 6.54 Å². The number of pyridine rings is 1. The molecule has 0 aliphatic heterocycles. The molecule has 0 saturated heterocycles. The average Bonchev–Trinajstić information content (AvgIpc) is 2.99. The summed E-state index contributed by atoms with van der Waals surface area (Å²) in [6.07, 6.45) is 6.55. The molecule has 0 fully saturated rings. The maximum Gasteiger partial charge on any atom is 0.220 e. The first kappa shape index (κ1) is 22.8. The van der Waals surface area contributed by atoms with Gasteiger partial charge in [-0.3, -0.25) is 9.78 Å². The lowest BCUT2D eigenvalue weighted by atomic mass is 10.2. The monoisotopic (exact) mass is 390 g/mol. The highest BCUT2D eigenvalue weighted by Gasteiger charge is 2.05. The molecule has 3 N–H and O–H groups in total. The van der Waals surface area contributed by atoms with Crippen LogP contribution in [0.2, 0.25) is 0 Å². The van der Waals surface area contributed by atoms with E-state index < -0.39 is 0 Å². The molecule has 1 atom stereocenters. The molecule has 2 heterocycles. The number of nitrogens with two attached hydrogens (primary N) is 1. The molecule has 0 saturated carbocycles. The summed E-state index contributed by atoms with van der Waals surface area (Å²) >= 11 is 1.66. The molecule has 1 amide bonds. The Bertz CT molecular complexity index is 593. The number of rotatable bonds is 8. The molecule has 2 rings (SSSR count). The molecule has 2 aromatic rings. The molecule has 0 bridgehead atoms. The highest BCUT2D eigenvalue weighted by Crippen LogP contribution is 2.21. The van der Waals surface area contributed by atoms with Crippen LogP contribution in [0.25, 0.3) is 11.3 Å². The minimum absolute atomic E-state index is 0. The van der Waals surface area contributed by atoms with Crippen molar-refractivity contribution in [2.24, 2.45) is 5.73 Å². The lowest BCUT2D eigenvalue weighted by Crippen LogP contribution is -2.26. The molecule has 0 spiro atoms. The highest BCUT2D eigenvalue weighted by atomic mass is 35.5. The van der Waals surface area contributed by atoms with Crippen LogP contribution < -0.4 is 11.1 Å². The second-order valence-electron chi connectivity index (χ2n) is 5.33. The fourth-order valence-corrected chi connectivity index (χ4v) is 2.85. The number of halogens is 2. The van der Waals surface area contributed by atoms with Gasteiger partial charge in [-0.15, -0.1) is 36.2 Å². The first-order valence-corrected chi connectivity index (χ1v) is 8.40. The number of aryl methyl sites for hydroxylation is 1. The van der Waals surface area contributed by atoms with Crippen molar-refractivity contribution >= 4 is 42.1 Å². The number of hydrogen-bond donors (Lipinski definition) is 2. The number of nitrogens with one attached hydrogen (secondary N) is 1. The fraction of sp³-hybridized carbons (Fsp3) is 0.438. The first-order chi connectivity index (χ1) is 10.6. The van der Waals surface area contributed by atoms with Gasteiger partial charge in [0.15, 0.2) is 0 Å². The van der Waals surface area contributed by atoms with Crippen molar-refractivity contribution in [3.8, 4) is 11.3 Å². The molecule has 5 nitrogen and oxygen atoms in total. The van der Waals surface area contributed by atoms with E-state index in [0.717, 1.165) is 35.5 Å². The van der Waals surface area contributed by atoms with Crippen LogP contribution in [0.1, 0.15) is 31.2 Å². The van der Waals surface area contributed by atoms with Crippen molar-refractivity contribution in [1.29, 1.82) is 0 Å². The van der Waals surface area contributed by atoms with Crippen molar-refractivity contribution < 1.29 is 4.79 Å². The van der Waals surface area contributed by atoms with Crippen LogP contribution in [0, 0.1) is 0 Å². The third kappa shape index (κ3) is 8.06. The molecule has 0 aromatic carbocycles. The Labute approximate surface area is 159 Å². The van der Waals surface area contributed by atoms with Crippen LogP contribution in [0.3, 0.4) is 0 Å². The summed E-state index contributed by atoms with van der Waals surface area (Å²) < 4.78 is 0. The Balaban J connectivity index is 0.00000264. The van der Waals surface area contributed by atoms with Gasteiger partial charge in [0.1, 0.15) is 0 Å². The lowest BCUT2D eigenvalue weighted by Gasteiger charge is -2.06. The lowest BCUT2D eigenvalue weighted by molar-refractivity contribution is -0.121. The third-order valence-electron chi connectivity index (χ3n) is 3.24. The van der Waals surface area contributed by atoms with Crippen LogP contribution in [-0.2, 0) is 11.2 Å². The molecule has 0 aliphatic carbocycles. The Morgan fingerprint density at radius 1 is 1.33 bits per heavy atom. The van der Waals surface area contributed by atoms with E-state index in [-0.39, 0.29) is 36.8 Å². The van der Waals surface area contributed by atoms with Crippen LogP contribution in [-0.4, -0.2) is 28.5 Å². The largest absolute Gasteiger partial charge is 0.356 e. The van der Waals surface area contributed by atoms with Gasteiger partial charge in [0.25, 0.3) is 0 Å². The minimum atomic E-state index is 0. The van der Waals surface area contributed by atoms with Gasteiger partial charge in [-0.1, -0.05) is 0 Å². The summed E-state index contributed by atoms with van der Waals surface area (Å²) in [6, 6.07) is 3.99. The number of carbonyl (C=O) groups is 1. The zero-order chi connectivity index (χ0) is 15.8. The van der Waals surface area contributed by atoms with Crippen LogP contribution >= 0.6 is 36.2 Å². The summed E-state index contributed by atoms with van der Waals surface area (Å²) in [5, 5.41) is 6.08.